The summed E-state index contributed by atoms with van der Waals surface area (Å²) in [7, 11) is 0. The number of H-pyrrole nitrogens is 1. The number of benzene rings is 2. The van der Waals surface area contributed by atoms with Crippen molar-refractivity contribution in [3.63, 3.8) is 0 Å². The minimum atomic E-state index is -0.907. The molecule has 7 nitrogen and oxygen atoms in total. The van der Waals surface area contributed by atoms with Crippen molar-refractivity contribution in [1.82, 2.24) is 14.9 Å². The summed E-state index contributed by atoms with van der Waals surface area (Å²) in [6.45, 7) is 3.66. The molecule has 3 amide bonds. The molecular weight excluding hydrogens is 392 g/mol. The second-order valence-corrected chi connectivity index (χ2v) is 8.69. The van der Waals surface area contributed by atoms with E-state index >= 15 is 0 Å². The molecule has 1 fully saturated rings. The van der Waals surface area contributed by atoms with E-state index < -0.39 is 17.9 Å². The molecule has 1 atom stereocenters. The van der Waals surface area contributed by atoms with Crippen LogP contribution in [0.5, 0.6) is 0 Å². The smallest absolute Gasteiger partial charge is 0.262 e. The monoisotopic (exact) mass is 416 g/mol. The minimum absolute atomic E-state index is 0.247. The molecule has 3 aromatic rings. The van der Waals surface area contributed by atoms with Crippen molar-refractivity contribution < 1.29 is 14.4 Å². The van der Waals surface area contributed by atoms with E-state index in [-0.39, 0.29) is 11.8 Å². The number of amides is 3. The van der Waals surface area contributed by atoms with Gasteiger partial charge in [0.2, 0.25) is 5.91 Å². The average Bonchev–Trinajstić information content (AvgIpc) is 3.21. The van der Waals surface area contributed by atoms with Crippen molar-refractivity contribution >= 4 is 34.4 Å². The van der Waals surface area contributed by atoms with Crippen LogP contribution in [0.15, 0.2) is 42.5 Å². The van der Waals surface area contributed by atoms with Crippen LogP contribution < -0.4 is 5.32 Å². The highest BCUT2D eigenvalue weighted by Gasteiger charge is 2.43. The number of aromatic amines is 1. The van der Waals surface area contributed by atoms with Gasteiger partial charge in [0.1, 0.15) is 11.9 Å². The maximum absolute atomic E-state index is 13.2. The van der Waals surface area contributed by atoms with Crippen LogP contribution >= 0.6 is 0 Å². The Morgan fingerprint density at radius 3 is 2.35 bits per heavy atom. The first-order valence-corrected chi connectivity index (χ1v) is 10.7. The molecule has 0 spiro atoms. The first-order chi connectivity index (χ1) is 14.9. The highest BCUT2D eigenvalue weighted by Crippen LogP contribution is 2.35. The lowest BCUT2D eigenvalue weighted by Crippen LogP contribution is -2.50. The molecule has 2 heterocycles. The number of anilines is 1. The summed E-state index contributed by atoms with van der Waals surface area (Å²) in [5.74, 6) is -0.00137. The van der Waals surface area contributed by atoms with Crippen LogP contribution in [-0.4, -0.2) is 38.6 Å². The molecule has 0 saturated heterocycles. The first-order valence-electron chi connectivity index (χ1n) is 10.7. The maximum atomic E-state index is 13.2. The van der Waals surface area contributed by atoms with Crippen molar-refractivity contribution in [2.45, 2.75) is 45.1 Å². The average molecular weight is 416 g/mol. The zero-order valence-electron chi connectivity index (χ0n) is 17.5. The number of rotatable bonds is 5. The van der Waals surface area contributed by atoms with Gasteiger partial charge in [-0.2, -0.15) is 0 Å². The van der Waals surface area contributed by atoms with E-state index in [2.05, 4.69) is 15.3 Å². The molecule has 2 aliphatic rings. The van der Waals surface area contributed by atoms with Gasteiger partial charge >= 0.3 is 0 Å². The third-order valence-corrected chi connectivity index (χ3v) is 6.26. The Morgan fingerprint density at radius 2 is 1.77 bits per heavy atom. The Morgan fingerprint density at radius 1 is 1.10 bits per heavy atom. The Bertz CT molecular complexity index is 1170. The van der Waals surface area contributed by atoms with Gasteiger partial charge in [-0.15, -0.1) is 0 Å². The lowest BCUT2D eigenvalue weighted by Gasteiger charge is -2.28. The molecule has 2 N–H and O–H groups in total. The molecule has 31 heavy (non-hydrogen) atoms. The molecular formula is C24H24N4O3. The third-order valence-electron chi connectivity index (χ3n) is 6.26. The fraction of sp³-hybridized carbons (Fsp3) is 0.333. The Labute approximate surface area is 179 Å². The number of fused-ring (bicyclic) bond motifs is 2. The molecule has 1 aromatic heterocycles. The van der Waals surface area contributed by atoms with Crippen LogP contribution in [0.25, 0.3) is 11.0 Å². The van der Waals surface area contributed by atoms with Crippen LogP contribution in [0.3, 0.4) is 0 Å². The van der Waals surface area contributed by atoms with Gasteiger partial charge in [-0.3, -0.25) is 19.3 Å². The molecule has 0 radical (unpaired) electrons. The molecule has 2 aromatic carbocycles. The van der Waals surface area contributed by atoms with Crippen LogP contribution in [0.2, 0.25) is 0 Å². The number of imide groups is 1. The topological polar surface area (TPSA) is 95.2 Å². The van der Waals surface area contributed by atoms with Crippen molar-refractivity contribution in [2.75, 3.05) is 5.32 Å². The molecule has 158 valence electrons. The van der Waals surface area contributed by atoms with Crippen molar-refractivity contribution in [3.8, 4) is 0 Å². The molecule has 1 aliphatic heterocycles. The van der Waals surface area contributed by atoms with E-state index in [0.717, 1.165) is 34.6 Å². The summed E-state index contributed by atoms with van der Waals surface area (Å²) in [6.07, 6.45) is 3.54. The van der Waals surface area contributed by atoms with Crippen molar-refractivity contribution in [2.24, 2.45) is 5.92 Å². The zero-order chi connectivity index (χ0) is 21.7. The molecule has 0 bridgehead atoms. The number of nitrogens with one attached hydrogen (secondary N) is 2. The lowest BCUT2D eigenvalue weighted by atomic mass is 9.85. The Kier molecular flexibility index (Phi) is 4.61. The van der Waals surface area contributed by atoms with E-state index in [1.807, 2.05) is 26.0 Å². The quantitative estimate of drug-likeness (QED) is 0.613. The van der Waals surface area contributed by atoms with E-state index in [4.69, 9.17) is 0 Å². The second-order valence-electron chi connectivity index (χ2n) is 8.69. The highest BCUT2D eigenvalue weighted by atomic mass is 16.2. The summed E-state index contributed by atoms with van der Waals surface area (Å²) in [5, 5.41) is 2.89. The fourth-order valence-corrected chi connectivity index (χ4v) is 4.38. The molecule has 5 rings (SSSR count). The van der Waals surface area contributed by atoms with Crippen LogP contribution in [0.1, 0.15) is 65.6 Å². The molecule has 1 saturated carbocycles. The van der Waals surface area contributed by atoms with Gasteiger partial charge in [0, 0.05) is 11.6 Å². The Hall–Kier alpha value is -3.48. The predicted octanol–water partition coefficient (Wildman–Crippen LogP) is 4.09. The highest BCUT2D eigenvalue weighted by molar-refractivity contribution is 6.23. The van der Waals surface area contributed by atoms with E-state index in [1.54, 1.807) is 30.3 Å². The molecule has 7 heteroatoms. The van der Waals surface area contributed by atoms with Crippen LogP contribution in [0.4, 0.5) is 5.69 Å². The predicted molar refractivity (Wildman–Crippen MR) is 117 cm³/mol. The number of aromatic nitrogens is 2. The number of carbonyl (C=O) groups excluding carboxylic acids is 3. The normalized spacial score (nSPS) is 17.2. The summed E-state index contributed by atoms with van der Waals surface area (Å²) in [6, 6.07) is 11.3. The summed E-state index contributed by atoms with van der Waals surface area (Å²) in [5.41, 5.74) is 3.01. The standard InChI is InChI=1S/C24H24N4O3/c1-13(2)20(28-23(30)16-8-3-4-9-17(16)24(28)31)22(29)25-15-10-11-18-19(12-15)27-21(26-18)14-6-5-7-14/h3-4,8-14,20H,5-7H2,1-2H3,(H,25,29)(H,26,27). The lowest BCUT2D eigenvalue weighted by molar-refractivity contribution is -0.121. The van der Waals surface area contributed by atoms with E-state index in [0.29, 0.717) is 22.7 Å². The number of imidazole rings is 1. The van der Waals surface area contributed by atoms with Gasteiger partial charge in [0.05, 0.1) is 22.2 Å². The largest absolute Gasteiger partial charge is 0.342 e. The molecule has 1 aliphatic carbocycles. The van der Waals surface area contributed by atoms with Crippen molar-refractivity contribution in [3.05, 3.63) is 59.4 Å². The van der Waals surface area contributed by atoms with Gasteiger partial charge < -0.3 is 10.3 Å². The van der Waals surface area contributed by atoms with Gasteiger partial charge in [0.25, 0.3) is 11.8 Å². The van der Waals surface area contributed by atoms with Gasteiger partial charge in [0.15, 0.2) is 0 Å². The molecule has 1 unspecified atom stereocenters. The summed E-state index contributed by atoms with van der Waals surface area (Å²) in [4.78, 5) is 48.1. The number of hydrogen-bond acceptors (Lipinski definition) is 4. The zero-order valence-corrected chi connectivity index (χ0v) is 17.5. The van der Waals surface area contributed by atoms with Gasteiger partial charge in [-0.05, 0) is 49.1 Å². The fourth-order valence-electron chi connectivity index (χ4n) is 4.38. The van der Waals surface area contributed by atoms with Crippen LogP contribution in [-0.2, 0) is 4.79 Å². The Balaban J connectivity index is 1.40. The number of nitrogens with zero attached hydrogens (tertiary/aromatic N) is 2. The summed E-state index contributed by atoms with van der Waals surface area (Å²) >= 11 is 0. The second kappa shape index (κ2) is 7.34. The van der Waals surface area contributed by atoms with Crippen LogP contribution in [0, 0.1) is 5.92 Å². The SMILES string of the molecule is CC(C)C(C(=O)Nc1ccc2nc(C3CCC3)[nH]c2c1)N1C(=O)c2ccccc2C1=O. The third kappa shape index (κ3) is 3.21. The number of hydrogen-bond donors (Lipinski definition) is 2. The van der Waals surface area contributed by atoms with Gasteiger partial charge in [-0.1, -0.05) is 32.4 Å². The van der Waals surface area contributed by atoms with E-state index in [9.17, 15) is 14.4 Å². The summed E-state index contributed by atoms with van der Waals surface area (Å²) < 4.78 is 0. The maximum Gasteiger partial charge on any atom is 0.262 e. The minimum Gasteiger partial charge on any atom is -0.342 e. The number of carbonyl (C=O) groups is 3. The van der Waals surface area contributed by atoms with Crippen molar-refractivity contribution in [1.29, 1.82) is 0 Å². The van der Waals surface area contributed by atoms with Gasteiger partial charge in [-0.25, -0.2) is 4.98 Å². The van der Waals surface area contributed by atoms with E-state index in [1.165, 1.54) is 6.42 Å². The first kappa shape index (κ1) is 19.5.